The summed E-state index contributed by atoms with van der Waals surface area (Å²) in [7, 11) is -3.48. The van der Waals surface area contributed by atoms with Gasteiger partial charge in [0.25, 0.3) is 10.0 Å². The van der Waals surface area contributed by atoms with Crippen molar-refractivity contribution in [2.24, 2.45) is 35.3 Å². The standard InChI is InChI=1S/C86H103Cl2N11O26S/c1-7-91-18-19-119-47-11-13-48(14-12-47)126(117,118)99-62(104)33-54-79(111)94-67-45-29-59(121-57-16-9-41(27-51(57)87)71(105)69(83(115)92-54)97-78(110)53(90-6)20-36(2)3)75(125-85-76(74(108)73(107)61(35-100)123-85)124-63-34-86(5,89)77(109)37(4)120-63)60(30-45)122-58-17-10-42(28-52(58)88)72(106)70-84(116)96-68(82(114)93-65-43-22-38-21-39(24-43)25-44(65)23-38)50-31-46(101)32-56(103)64(50)49-26-40(8-15-55(49)102)66(80(112)98-70)95-81(67)113/h8-17,26-32,36-39,43-44,53-54,61,63,65-74,76-77,85,90-91,100-103,105-109H,7,18-25,33-35,89H2,1-6H3,(H,92,115)(H,93,114)(H,94,111)(H,95,113)(H,96,116)(H,97,110)(H,98,112)(H,99,104)/t37-,38?,39?,43?,44?,53+,54-,61+,63-,65?,66+,67+,68-,69+,70-,71+,72+,73+,74-,76+,77+,85-,86-/m0/s1. The Morgan fingerprint density at radius 3 is 1.91 bits per heavy atom. The van der Waals surface area contributed by atoms with Gasteiger partial charge in [0.05, 0.1) is 46.2 Å². The van der Waals surface area contributed by atoms with E-state index in [0.29, 0.717) is 24.9 Å². The van der Waals surface area contributed by atoms with E-state index in [1.54, 1.807) is 13.8 Å². The van der Waals surface area contributed by atoms with Crippen LogP contribution in [0.2, 0.25) is 10.0 Å². The quantitative estimate of drug-likeness (QED) is 0.0461. The highest BCUT2D eigenvalue weighted by Crippen LogP contribution is 2.55. The van der Waals surface area contributed by atoms with E-state index in [0.717, 1.165) is 105 Å². The van der Waals surface area contributed by atoms with Gasteiger partial charge < -0.3 is 133 Å². The highest BCUT2D eigenvalue weighted by atomic mass is 35.5. The van der Waals surface area contributed by atoms with Crippen LogP contribution in [0.3, 0.4) is 0 Å². The number of benzene rings is 6. The molecule has 4 aliphatic carbocycles. The van der Waals surface area contributed by atoms with Crippen LogP contribution in [0.5, 0.6) is 51.7 Å². The van der Waals surface area contributed by atoms with Crippen LogP contribution in [-0.2, 0) is 62.6 Å². The number of likely N-dealkylation sites (N-methyl/N-ethyl adjacent to an activating group) is 2. The SMILES string of the molecule is CCNCCOc1ccc(S(=O)(=O)NC(=O)C[C@@H]2NC(=O)[C@H](NC(=O)[C@@H](CC(C)C)NC)[C@H](O)c3ccc(c(Cl)c3)Oc3cc4cc(c3O[C@@H]3O[C@H](CO)[C@@H](O)[C@H](O)[C@H]3O[C@H]3C[C@](C)(N)[C@H](O)[C@H](C)O3)Oc3ccc(cc3Cl)[C@@H](O)[C@@H]3NC(=O)[C@H](NC(=O)[C@@H]4NC2=O)c2ccc(O)c(c2)-c2c(O)cc(O)cc2[C@@H](C(=O)NC2C4CC5CC(C4)CC2C5)NC3=O)cc1. The van der Waals surface area contributed by atoms with E-state index in [1.165, 1.54) is 51.2 Å². The lowest BCUT2D eigenvalue weighted by Gasteiger charge is -2.54. The normalized spacial score (nSPS) is 30.3. The lowest BCUT2D eigenvalue weighted by Crippen LogP contribution is -2.64. The number of rotatable bonds is 21. The zero-order chi connectivity index (χ0) is 90.4. The number of carbonyl (C=O) groups is 8. The molecule has 6 fully saturated rings. The van der Waals surface area contributed by atoms with Crippen LogP contribution in [-0.4, -0.2) is 220 Å². The summed E-state index contributed by atoms with van der Waals surface area (Å²) in [6, 6.07) is 4.04. The summed E-state index contributed by atoms with van der Waals surface area (Å²) in [5.74, 6) is -14.3. The lowest BCUT2D eigenvalue weighted by atomic mass is 9.54. The topological polar surface area (TPSA) is 564 Å². The molecule has 8 amide bonds. The minimum absolute atomic E-state index is 0.0438. The van der Waals surface area contributed by atoms with Crippen molar-refractivity contribution >= 4 is 80.5 Å². The van der Waals surface area contributed by atoms with Gasteiger partial charge in [0.2, 0.25) is 59.3 Å². The number of amides is 8. The van der Waals surface area contributed by atoms with Gasteiger partial charge in [-0.3, -0.25) is 38.4 Å². The second-order valence-corrected chi connectivity index (χ2v) is 36.6. The van der Waals surface area contributed by atoms with Gasteiger partial charge in [-0.15, -0.1) is 0 Å². The predicted octanol–water partition coefficient (Wildman–Crippen LogP) is 2.97. The van der Waals surface area contributed by atoms with Gasteiger partial charge in [0.1, 0.15) is 108 Å². The first kappa shape index (κ1) is 91.9. The molecule has 678 valence electrons. The van der Waals surface area contributed by atoms with E-state index < -0.39 is 252 Å². The largest absolute Gasteiger partial charge is 0.508 e. The summed E-state index contributed by atoms with van der Waals surface area (Å²) in [4.78, 5) is 125. The molecule has 6 aromatic rings. The molecule has 126 heavy (non-hydrogen) atoms. The maximum absolute atomic E-state index is 16.7. The van der Waals surface area contributed by atoms with Crippen molar-refractivity contribution in [3.8, 4) is 62.9 Å². The molecule has 2 saturated heterocycles. The summed E-state index contributed by atoms with van der Waals surface area (Å²) in [6.45, 7) is 8.76. The maximum atomic E-state index is 16.7. The fraction of sp³-hybridized carbons (Fsp3) is 0.488. The number of halogens is 2. The molecule has 21 N–H and O–H groups in total. The second-order valence-electron chi connectivity index (χ2n) is 34.1. The van der Waals surface area contributed by atoms with Gasteiger partial charge in [-0.05, 0) is 202 Å². The van der Waals surface area contributed by atoms with Crippen LogP contribution in [0, 0.1) is 29.6 Å². The Morgan fingerprint density at radius 1 is 0.683 bits per heavy atom. The first-order chi connectivity index (χ1) is 59.9. The molecular weight excluding hydrogens is 1710 g/mol. The average Bonchev–Trinajstić information content (AvgIpc) is 0.755. The third-order valence-electron chi connectivity index (χ3n) is 24.5. The second kappa shape index (κ2) is 38.0. The minimum Gasteiger partial charge on any atom is -0.508 e. The van der Waals surface area contributed by atoms with Crippen LogP contribution in [0.25, 0.3) is 11.1 Å². The number of nitrogens with two attached hydrogens (primary N) is 1. The molecule has 18 atom stereocenters. The van der Waals surface area contributed by atoms with Gasteiger partial charge in [0.15, 0.2) is 23.9 Å². The van der Waals surface area contributed by atoms with E-state index in [4.69, 9.17) is 62.1 Å². The number of phenolic OH excluding ortho intramolecular Hbond substituents is 3. The Balaban J connectivity index is 0.964. The lowest BCUT2D eigenvalue weighted by molar-refractivity contribution is -0.333. The zero-order valence-electron chi connectivity index (χ0n) is 69.3. The van der Waals surface area contributed by atoms with Gasteiger partial charge >= 0.3 is 0 Å². The number of fused-ring (bicyclic) bond motifs is 15. The third-order valence-corrected chi connectivity index (χ3v) is 26.5. The number of phenols is 3. The monoisotopic (exact) mass is 1810 g/mol. The van der Waals surface area contributed by atoms with Crippen molar-refractivity contribution in [1.82, 2.24) is 52.6 Å². The molecule has 7 aliphatic heterocycles. The van der Waals surface area contributed by atoms with Crippen molar-refractivity contribution in [2.45, 2.75) is 206 Å². The van der Waals surface area contributed by atoms with E-state index >= 15 is 28.8 Å². The predicted molar refractivity (Wildman–Crippen MR) is 447 cm³/mol. The Morgan fingerprint density at radius 2 is 1.30 bits per heavy atom. The smallest absolute Gasteiger partial charge is 0.264 e. The molecule has 0 spiro atoms. The first-order valence-electron chi connectivity index (χ1n) is 41.6. The molecule has 6 aromatic carbocycles. The number of sulfonamides is 1. The molecule has 0 aromatic heterocycles. The zero-order valence-corrected chi connectivity index (χ0v) is 71.6. The summed E-state index contributed by atoms with van der Waals surface area (Å²) in [5, 5.41) is 131. The number of hydrogen-bond donors (Lipinski definition) is 20. The minimum atomic E-state index is -4.93. The molecule has 15 bridgehead atoms. The molecular formula is C86H103Cl2N11O26S. The van der Waals surface area contributed by atoms with Gasteiger partial charge in [-0.1, -0.05) is 62.2 Å². The number of hydrogen-bond acceptors (Lipinski definition) is 29. The van der Waals surface area contributed by atoms with Gasteiger partial charge in [0, 0.05) is 41.7 Å². The molecule has 0 unspecified atom stereocenters. The number of ether oxygens (including phenoxy) is 7. The summed E-state index contributed by atoms with van der Waals surface area (Å²) in [6.07, 6.45) is -15.0. The van der Waals surface area contributed by atoms with Gasteiger partial charge in [-0.2, -0.15) is 0 Å². The van der Waals surface area contributed by atoms with Crippen molar-refractivity contribution in [1.29, 1.82) is 0 Å². The summed E-state index contributed by atoms with van der Waals surface area (Å²) in [5.41, 5.74) is 2.71. The number of aromatic hydroxyl groups is 3. The van der Waals surface area contributed by atoms with Crippen molar-refractivity contribution in [3.63, 3.8) is 0 Å². The molecule has 17 rings (SSSR count). The van der Waals surface area contributed by atoms with E-state index in [1.807, 2.05) is 11.6 Å². The van der Waals surface area contributed by atoms with E-state index in [2.05, 4.69) is 47.9 Å². The number of carbonyl (C=O) groups excluding carboxylic acids is 8. The average molecular weight is 1810 g/mol. The Hall–Kier alpha value is -10.3. The highest BCUT2D eigenvalue weighted by molar-refractivity contribution is 7.90. The fourth-order valence-corrected chi connectivity index (χ4v) is 19.7. The highest BCUT2D eigenvalue weighted by Gasteiger charge is 2.53. The summed E-state index contributed by atoms with van der Waals surface area (Å²) >= 11 is 14.5. The molecule has 11 aliphatic rings. The van der Waals surface area contributed by atoms with Crippen LogP contribution in [0.1, 0.15) is 144 Å². The third kappa shape index (κ3) is 19.7. The number of aliphatic hydroxyl groups is 6. The van der Waals surface area contributed by atoms with Gasteiger partial charge in [-0.25, -0.2) is 13.1 Å². The van der Waals surface area contributed by atoms with Crippen LogP contribution >= 0.6 is 23.2 Å². The Bertz CT molecular complexity index is 5240. The molecule has 37 nitrogen and oxygen atoms in total. The van der Waals surface area contributed by atoms with Crippen LogP contribution in [0.15, 0.2) is 108 Å². The van der Waals surface area contributed by atoms with Crippen LogP contribution < -0.4 is 77.3 Å². The number of nitrogens with one attached hydrogen (secondary N) is 10. The first-order valence-corrected chi connectivity index (χ1v) is 43.9. The molecule has 4 saturated carbocycles. The van der Waals surface area contributed by atoms with Crippen LogP contribution in [0.4, 0.5) is 0 Å². The van der Waals surface area contributed by atoms with E-state index in [9.17, 15) is 64.0 Å². The van der Waals surface area contributed by atoms with Crippen molar-refractivity contribution < 1.29 is 126 Å². The molecule has 40 heteroatoms. The summed E-state index contributed by atoms with van der Waals surface area (Å²) < 4.78 is 75.2. The maximum Gasteiger partial charge on any atom is 0.264 e. The molecule has 0 radical (unpaired) electrons. The van der Waals surface area contributed by atoms with Crippen molar-refractivity contribution in [3.05, 3.63) is 141 Å². The fourth-order valence-electron chi connectivity index (χ4n) is 18.3. The number of aliphatic hydroxyl groups excluding tert-OH is 6. The Kier molecular flexibility index (Phi) is 27.7. The Labute approximate surface area is 733 Å². The van der Waals surface area contributed by atoms with E-state index in [-0.39, 0.29) is 76.5 Å². The van der Waals surface area contributed by atoms with Crippen molar-refractivity contribution in [2.75, 3.05) is 33.4 Å². The molecule has 7 heterocycles.